The van der Waals surface area contributed by atoms with Gasteiger partial charge in [0, 0.05) is 24.9 Å². The highest BCUT2D eigenvalue weighted by atomic mass is 35.5. The first-order valence-electron chi connectivity index (χ1n) is 6.33. The SMILES string of the molecule is COCCOc1cccc(NC(=O)C(C)C(C)N)c1.Cl. The van der Waals surface area contributed by atoms with Crippen molar-refractivity contribution in [1.82, 2.24) is 0 Å². The van der Waals surface area contributed by atoms with Crippen LogP contribution in [0.25, 0.3) is 0 Å². The first kappa shape index (κ1) is 18.7. The number of anilines is 1. The molecule has 5 nitrogen and oxygen atoms in total. The van der Waals surface area contributed by atoms with E-state index in [0.29, 0.717) is 24.7 Å². The Labute approximate surface area is 126 Å². The van der Waals surface area contributed by atoms with Crippen molar-refractivity contribution in [3.05, 3.63) is 24.3 Å². The van der Waals surface area contributed by atoms with E-state index < -0.39 is 0 Å². The van der Waals surface area contributed by atoms with Crippen LogP contribution >= 0.6 is 12.4 Å². The molecule has 0 saturated heterocycles. The first-order chi connectivity index (χ1) is 9.04. The van der Waals surface area contributed by atoms with E-state index in [1.165, 1.54) is 0 Å². The predicted octanol–water partition coefficient (Wildman–Crippen LogP) is 2.06. The minimum absolute atomic E-state index is 0. The van der Waals surface area contributed by atoms with Gasteiger partial charge in [0.1, 0.15) is 12.4 Å². The lowest BCUT2D eigenvalue weighted by Crippen LogP contribution is -2.34. The topological polar surface area (TPSA) is 73.6 Å². The van der Waals surface area contributed by atoms with Gasteiger partial charge in [-0.05, 0) is 19.1 Å². The molecular weight excluding hydrogens is 280 g/mol. The Hall–Kier alpha value is -1.30. The van der Waals surface area contributed by atoms with Crippen LogP contribution in [0.15, 0.2) is 24.3 Å². The molecule has 0 radical (unpaired) electrons. The largest absolute Gasteiger partial charge is 0.491 e. The third-order valence-electron chi connectivity index (χ3n) is 2.86. The average Bonchev–Trinajstić information content (AvgIpc) is 2.38. The molecule has 0 saturated carbocycles. The van der Waals surface area contributed by atoms with Crippen LogP contribution in [0.1, 0.15) is 13.8 Å². The van der Waals surface area contributed by atoms with Crippen LogP contribution in [0.5, 0.6) is 5.75 Å². The lowest BCUT2D eigenvalue weighted by molar-refractivity contribution is -0.119. The minimum Gasteiger partial charge on any atom is -0.491 e. The Bertz CT molecular complexity index is 413. The van der Waals surface area contributed by atoms with E-state index in [2.05, 4.69) is 5.32 Å². The molecule has 1 aromatic carbocycles. The van der Waals surface area contributed by atoms with E-state index in [4.69, 9.17) is 15.2 Å². The van der Waals surface area contributed by atoms with Gasteiger partial charge in [-0.15, -0.1) is 12.4 Å². The fourth-order valence-corrected chi connectivity index (χ4v) is 1.40. The van der Waals surface area contributed by atoms with Gasteiger partial charge in [-0.3, -0.25) is 4.79 Å². The third kappa shape index (κ3) is 6.23. The van der Waals surface area contributed by atoms with Crippen molar-refractivity contribution in [3.8, 4) is 5.75 Å². The molecule has 1 rings (SSSR count). The number of hydrogen-bond acceptors (Lipinski definition) is 4. The maximum Gasteiger partial charge on any atom is 0.228 e. The van der Waals surface area contributed by atoms with Crippen molar-refractivity contribution in [1.29, 1.82) is 0 Å². The molecule has 0 spiro atoms. The van der Waals surface area contributed by atoms with Crippen LogP contribution in [0.3, 0.4) is 0 Å². The fourth-order valence-electron chi connectivity index (χ4n) is 1.40. The Balaban J connectivity index is 0.00000361. The van der Waals surface area contributed by atoms with Crippen LogP contribution in [-0.4, -0.2) is 32.3 Å². The molecule has 2 atom stereocenters. The minimum atomic E-state index is -0.238. The maximum atomic E-state index is 11.9. The second kappa shape index (κ2) is 9.58. The fraction of sp³-hybridized carbons (Fsp3) is 0.500. The zero-order valence-corrected chi connectivity index (χ0v) is 12.9. The van der Waals surface area contributed by atoms with Gasteiger partial charge in [0.25, 0.3) is 0 Å². The summed E-state index contributed by atoms with van der Waals surface area (Å²) in [6.45, 7) is 4.62. The zero-order chi connectivity index (χ0) is 14.3. The molecule has 2 unspecified atom stereocenters. The van der Waals surface area contributed by atoms with Crippen LogP contribution in [-0.2, 0) is 9.53 Å². The van der Waals surface area contributed by atoms with Crippen molar-refractivity contribution < 1.29 is 14.3 Å². The number of rotatable bonds is 7. The Kier molecular flexibility index (Phi) is 8.96. The summed E-state index contributed by atoms with van der Waals surface area (Å²) in [6, 6.07) is 7.08. The summed E-state index contributed by atoms with van der Waals surface area (Å²) in [4.78, 5) is 11.9. The summed E-state index contributed by atoms with van der Waals surface area (Å²) in [7, 11) is 1.62. The molecule has 1 aromatic rings. The molecule has 1 amide bonds. The predicted molar refractivity (Wildman–Crippen MR) is 82.5 cm³/mol. The summed E-state index contributed by atoms with van der Waals surface area (Å²) < 4.78 is 10.4. The number of nitrogens with two attached hydrogens (primary N) is 1. The van der Waals surface area contributed by atoms with Crippen molar-refractivity contribution in [2.75, 3.05) is 25.6 Å². The summed E-state index contributed by atoms with van der Waals surface area (Å²) in [5.41, 5.74) is 6.40. The van der Waals surface area contributed by atoms with E-state index in [1.807, 2.05) is 25.1 Å². The number of carbonyl (C=O) groups is 1. The number of amides is 1. The van der Waals surface area contributed by atoms with Gasteiger partial charge in [0.2, 0.25) is 5.91 Å². The molecular formula is C14H23ClN2O3. The highest BCUT2D eigenvalue weighted by Crippen LogP contribution is 2.18. The van der Waals surface area contributed by atoms with E-state index >= 15 is 0 Å². The second-order valence-electron chi connectivity index (χ2n) is 4.51. The molecule has 3 N–H and O–H groups in total. The monoisotopic (exact) mass is 302 g/mol. The summed E-state index contributed by atoms with van der Waals surface area (Å²) in [6.07, 6.45) is 0. The Morgan fingerprint density at radius 2 is 2.05 bits per heavy atom. The Morgan fingerprint density at radius 1 is 1.35 bits per heavy atom. The number of nitrogens with one attached hydrogen (secondary N) is 1. The van der Waals surface area contributed by atoms with E-state index in [0.717, 1.165) is 0 Å². The maximum absolute atomic E-state index is 11.9. The van der Waals surface area contributed by atoms with Gasteiger partial charge >= 0.3 is 0 Å². The lowest BCUT2D eigenvalue weighted by Gasteiger charge is -2.15. The van der Waals surface area contributed by atoms with E-state index in [-0.39, 0.29) is 30.3 Å². The Morgan fingerprint density at radius 3 is 2.65 bits per heavy atom. The molecule has 0 aliphatic rings. The van der Waals surface area contributed by atoms with Crippen LogP contribution in [0, 0.1) is 5.92 Å². The molecule has 0 heterocycles. The summed E-state index contributed by atoms with van der Waals surface area (Å²) >= 11 is 0. The van der Waals surface area contributed by atoms with Crippen molar-refractivity contribution in [3.63, 3.8) is 0 Å². The van der Waals surface area contributed by atoms with Gasteiger partial charge < -0.3 is 20.5 Å². The molecule has 6 heteroatoms. The quantitative estimate of drug-likeness (QED) is 0.756. The zero-order valence-electron chi connectivity index (χ0n) is 12.1. The molecule has 0 fully saturated rings. The van der Waals surface area contributed by atoms with E-state index in [1.54, 1.807) is 20.1 Å². The first-order valence-corrected chi connectivity index (χ1v) is 6.33. The van der Waals surface area contributed by atoms with Crippen LogP contribution < -0.4 is 15.8 Å². The number of halogens is 1. The van der Waals surface area contributed by atoms with Gasteiger partial charge in [-0.2, -0.15) is 0 Å². The smallest absolute Gasteiger partial charge is 0.228 e. The molecule has 20 heavy (non-hydrogen) atoms. The van der Waals surface area contributed by atoms with Crippen molar-refractivity contribution >= 4 is 24.0 Å². The van der Waals surface area contributed by atoms with E-state index in [9.17, 15) is 4.79 Å². The third-order valence-corrected chi connectivity index (χ3v) is 2.86. The highest BCUT2D eigenvalue weighted by molar-refractivity contribution is 5.92. The average molecular weight is 303 g/mol. The summed E-state index contributed by atoms with van der Waals surface area (Å²) in [5.74, 6) is 0.366. The number of benzene rings is 1. The van der Waals surface area contributed by atoms with Gasteiger partial charge in [-0.25, -0.2) is 0 Å². The second-order valence-corrected chi connectivity index (χ2v) is 4.51. The number of hydrogen-bond donors (Lipinski definition) is 2. The molecule has 0 aliphatic heterocycles. The summed E-state index contributed by atoms with van der Waals surface area (Å²) in [5, 5.41) is 2.82. The lowest BCUT2D eigenvalue weighted by atomic mass is 10.0. The normalized spacial score (nSPS) is 13.0. The molecule has 0 aliphatic carbocycles. The van der Waals surface area contributed by atoms with Crippen molar-refractivity contribution in [2.24, 2.45) is 11.7 Å². The van der Waals surface area contributed by atoms with Crippen LogP contribution in [0.4, 0.5) is 5.69 Å². The number of ether oxygens (including phenoxy) is 2. The molecule has 0 bridgehead atoms. The van der Waals surface area contributed by atoms with Gasteiger partial charge in [-0.1, -0.05) is 13.0 Å². The number of methoxy groups -OCH3 is 1. The van der Waals surface area contributed by atoms with Gasteiger partial charge in [0.15, 0.2) is 0 Å². The highest BCUT2D eigenvalue weighted by Gasteiger charge is 2.17. The van der Waals surface area contributed by atoms with Crippen molar-refractivity contribution in [2.45, 2.75) is 19.9 Å². The van der Waals surface area contributed by atoms with Gasteiger partial charge in [0.05, 0.1) is 12.5 Å². The molecule has 0 aromatic heterocycles. The molecule has 114 valence electrons. The standard InChI is InChI=1S/C14H22N2O3.ClH/c1-10(11(2)15)14(17)16-12-5-4-6-13(9-12)19-8-7-18-3;/h4-6,9-11H,7-8,15H2,1-3H3,(H,16,17);1H. The number of carbonyl (C=O) groups excluding carboxylic acids is 1. The van der Waals surface area contributed by atoms with Crippen LogP contribution in [0.2, 0.25) is 0 Å².